The minimum Gasteiger partial charge on any atom is -0.378 e. The average Bonchev–Trinajstić information content (AvgIpc) is 2.73. The zero-order valence-electron chi connectivity index (χ0n) is 16.9. The van der Waals surface area contributed by atoms with Crippen LogP contribution in [0.25, 0.3) is 0 Å². The zero-order valence-corrected chi connectivity index (χ0v) is 17.7. The zero-order chi connectivity index (χ0) is 20.6. The van der Waals surface area contributed by atoms with Gasteiger partial charge in [0, 0.05) is 32.6 Å². The lowest BCUT2D eigenvalue weighted by molar-refractivity contribution is -0.140. The molecule has 1 unspecified atom stereocenters. The Hall–Kier alpha value is -1.51. The lowest BCUT2D eigenvalue weighted by Crippen LogP contribution is -2.52. The summed E-state index contributed by atoms with van der Waals surface area (Å²) in [6.07, 6.45) is 4.17. The van der Waals surface area contributed by atoms with E-state index in [1.54, 1.807) is 6.92 Å². The molecule has 2 saturated heterocycles. The highest BCUT2D eigenvalue weighted by molar-refractivity contribution is 7.89. The van der Waals surface area contributed by atoms with E-state index in [1.165, 1.54) is 16.4 Å². The number of morpholine rings is 1. The Morgan fingerprint density at radius 3 is 2.48 bits per heavy atom. The first-order valence-corrected chi connectivity index (χ1v) is 11.9. The Bertz CT molecular complexity index is 875. The van der Waals surface area contributed by atoms with E-state index in [1.807, 2.05) is 4.90 Å². The van der Waals surface area contributed by atoms with Gasteiger partial charge in [-0.25, -0.2) is 12.8 Å². The van der Waals surface area contributed by atoms with Crippen molar-refractivity contribution >= 4 is 15.9 Å². The number of benzene rings is 1. The molecule has 1 aromatic rings. The molecule has 1 spiro atoms. The van der Waals surface area contributed by atoms with Crippen LogP contribution >= 0.6 is 0 Å². The van der Waals surface area contributed by atoms with Gasteiger partial charge in [0.15, 0.2) is 0 Å². The number of halogens is 1. The van der Waals surface area contributed by atoms with Gasteiger partial charge in [0.2, 0.25) is 15.9 Å². The highest BCUT2D eigenvalue weighted by Crippen LogP contribution is 2.55. The summed E-state index contributed by atoms with van der Waals surface area (Å²) >= 11 is 0. The lowest BCUT2D eigenvalue weighted by Gasteiger charge is -2.54. The molecule has 1 amide bonds. The molecule has 2 heterocycles. The average molecular weight is 425 g/mol. The number of piperidine rings is 1. The fourth-order valence-electron chi connectivity index (χ4n) is 5.05. The molecule has 0 aromatic heterocycles. The maximum atomic E-state index is 13.6. The van der Waals surface area contributed by atoms with Gasteiger partial charge in [-0.3, -0.25) is 4.79 Å². The molecule has 0 N–H and O–H groups in total. The molecule has 0 bridgehead atoms. The van der Waals surface area contributed by atoms with Crippen LogP contribution in [0, 0.1) is 24.1 Å². The summed E-state index contributed by atoms with van der Waals surface area (Å²) in [5, 5.41) is 0. The Labute approximate surface area is 172 Å². The number of carbonyl (C=O) groups excluding carboxylic acids is 1. The van der Waals surface area contributed by atoms with E-state index >= 15 is 0 Å². The number of rotatable bonds is 4. The van der Waals surface area contributed by atoms with Gasteiger partial charge >= 0.3 is 0 Å². The third-order valence-electron chi connectivity index (χ3n) is 7.13. The Balaban J connectivity index is 1.39. The largest absolute Gasteiger partial charge is 0.378 e. The summed E-state index contributed by atoms with van der Waals surface area (Å²) in [7, 11) is -3.70. The molecule has 160 valence electrons. The molecule has 1 atom stereocenters. The van der Waals surface area contributed by atoms with Crippen LogP contribution in [0.3, 0.4) is 0 Å². The fraction of sp³-hybridized carbons (Fsp3) is 0.667. The number of carbonyl (C=O) groups is 1. The van der Waals surface area contributed by atoms with Gasteiger partial charge in [0.25, 0.3) is 0 Å². The van der Waals surface area contributed by atoms with Crippen molar-refractivity contribution in [3.05, 3.63) is 29.6 Å². The summed E-state index contributed by atoms with van der Waals surface area (Å²) in [6, 6.07) is 3.90. The summed E-state index contributed by atoms with van der Waals surface area (Å²) in [5.74, 6) is -0.00949. The summed E-state index contributed by atoms with van der Waals surface area (Å²) < 4.78 is 46.5. The Kier molecular flexibility index (Phi) is 5.70. The van der Waals surface area contributed by atoms with Crippen molar-refractivity contribution in [2.75, 3.05) is 39.4 Å². The first-order valence-electron chi connectivity index (χ1n) is 10.4. The summed E-state index contributed by atoms with van der Waals surface area (Å²) in [6.45, 7) is 5.09. The first kappa shape index (κ1) is 20.8. The van der Waals surface area contributed by atoms with Crippen LogP contribution in [0.1, 0.15) is 37.7 Å². The minimum absolute atomic E-state index is 0.0566. The van der Waals surface area contributed by atoms with Gasteiger partial charge < -0.3 is 9.64 Å². The second-order valence-electron chi connectivity index (χ2n) is 8.61. The number of nitrogens with zero attached hydrogens (tertiary/aromatic N) is 2. The molecule has 1 aliphatic carbocycles. The van der Waals surface area contributed by atoms with E-state index in [9.17, 15) is 17.6 Å². The van der Waals surface area contributed by atoms with Gasteiger partial charge in [-0.2, -0.15) is 4.31 Å². The second kappa shape index (κ2) is 7.96. The molecule has 3 fully saturated rings. The van der Waals surface area contributed by atoms with Crippen molar-refractivity contribution in [2.45, 2.75) is 43.9 Å². The maximum Gasteiger partial charge on any atom is 0.243 e. The highest BCUT2D eigenvalue weighted by Gasteiger charge is 2.50. The normalized spacial score (nSPS) is 25.0. The minimum atomic E-state index is -3.70. The SMILES string of the molecule is Cc1ccc(F)cc1S(=O)(=O)N1CCC2(CCC2CC(=O)N2CCOCC2)CC1. The third-order valence-corrected chi connectivity index (χ3v) is 9.17. The molecule has 2 aliphatic heterocycles. The number of aryl methyl sites for hydroxylation is 1. The van der Waals surface area contributed by atoms with Crippen molar-refractivity contribution < 1.29 is 22.3 Å². The van der Waals surface area contributed by atoms with E-state index in [4.69, 9.17) is 4.74 Å². The molecular weight excluding hydrogens is 395 g/mol. The van der Waals surface area contributed by atoms with Gasteiger partial charge in [-0.1, -0.05) is 6.07 Å². The van der Waals surface area contributed by atoms with Crippen molar-refractivity contribution in [3.8, 4) is 0 Å². The number of hydrogen-bond acceptors (Lipinski definition) is 4. The maximum absolute atomic E-state index is 13.6. The number of ether oxygens (including phenoxy) is 1. The van der Waals surface area contributed by atoms with E-state index < -0.39 is 15.8 Å². The van der Waals surface area contributed by atoms with E-state index in [0.717, 1.165) is 31.7 Å². The van der Waals surface area contributed by atoms with Crippen molar-refractivity contribution in [3.63, 3.8) is 0 Å². The molecule has 6 nitrogen and oxygen atoms in total. The number of hydrogen-bond donors (Lipinski definition) is 0. The molecule has 1 aromatic carbocycles. The van der Waals surface area contributed by atoms with Crippen LogP contribution in [0.5, 0.6) is 0 Å². The molecule has 29 heavy (non-hydrogen) atoms. The van der Waals surface area contributed by atoms with Crippen LogP contribution in [-0.4, -0.2) is 62.9 Å². The van der Waals surface area contributed by atoms with Gasteiger partial charge in [0.1, 0.15) is 5.82 Å². The van der Waals surface area contributed by atoms with Crippen LogP contribution < -0.4 is 0 Å². The summed E-state index contributed by atoms with van der Waals surface area (Å²) in [4.78, 5) is 14.6. The number of amides is 1. The van der Waals surface area contributed by atoms with Gasteiger partial charge in [-0.15, -0.1) is 0 Å². The van der Waals surface area contributed by atoms with E-state index in [-0.39, 0.29) is 16.2 Å². The van der Waals surface area contributed by atoms with Gasteiger partial charge in [0.05, 0.1) is 18.1 Å². The number of sulfonamides is 1. The molecule has 3 aliphatic rings. The molecule has 1 saturated carbocycles. The molecule has 4 rings (SSSR count). The molecule has 8 heteroatoms. The topological polar surface area (TPSA) is 66.9 Å². The second-order valence-corrected chi connectivity index (χ2v) is 10.5. The van der Waals surface area contributed by atoms with Crippen LogP contribution in [-0.2, 0) is 19.6 Å². The predicted molar refractivity (Wildman–Crippen MR) is 106 cm³/mol. The van der Waals surface area contributed by atoms with Crippen molar-refractivity contribution in [1.82, 2.24) is 9.21 Å². The predicted octanol–water partition coefficient (Wildman–Crippen LogP) is 2.56. The van der Waals surface area contributed by atoms with Crippen molar-refractivity contribution in [2.24, 2.45) is 11.3 Å². The standard InChI is InChI=1S/C21H29FN2O4S/c1-16-2-3-18(22)15-19(16)29(26,27)24-8-6-21(7-9-24)5-4-17(21)14-20(25)23-10-12-28-13-11-23/h2-3,15,17H,4-14H2,1H3. The first-order chi connectivity index (χ1) is 13.8. The van der Waals surface area contributed by atoms with E-state index in [2.05, 4.69) is 0 Å². The molecular formula is C21H29FN2O4S. The van der Waals surface area contributed by atoms with Crippen LogP contribution in [0.15, 0.2) is 23.1 Å². The summed E-state index contributed by atoms with van der Waals surface area (Å²) in [5.41, 5.74) is 0.634. The third kappa shape index (κ3) is 3.94. The monoisotopic (exact) mass is 424 g/mol. The van der Waals surface area contributed by atoms with Gasteiger partial charge in [-0.05, 0) is 61.6 Å². The lowest BCUT2D eigenvalue weighted by atomic mass is 9.55. The Morgan fingerprint density at radius 2 is 1.86 bits per heavy atom. The van der Waals surface area contributed by atoms with E-state index in [0.29, 0.717) is 57.3 Å². The highest BCUT2D eigenvalue weighted by atomic mass is 32.2. The quantitative estimate of drug-likeness (QED) is 0.745. The van der Waals surface area contributed by atoms with Crippen molar-refractivity contribution in [1.29, 1.82) is 0 Å². The Morgan fingerprint density at radius 1 is 1.17 bits per heavy atom. The smallest absolute Gasteiger partial charge is 0.243 e. The molecule has 0 radical (unpaired) electrons. The van der Waals surface area contributed by atoms with Crippen LogP contribution in [0.2, 0.25) is 0 Å². The van der Waals surface area contributed by atoms with Crippen LogP contribution in [0.4, 0.5) is 4.39 Å². The fourth-order valence-corrected chi connectivity index (χ4v) is 6.73.